The molecule has 8 heteroatoms. The van der Waals surface area contributed by atoms with Gasteiger partial charge in [0.1, 0.15) is 6.10 Å². The van der Waals surface area contributed by atoms with Crippen LogP contribution in [0.15, 0.2) is 47.5 Å². The van der Waals surface area contributed by atoms with Crippen LogP contribution in [0.25, 0.3) is 10.9 Å². The molecule has 2 heterocycles. The number of hydrogen-bond acceptors (Lipinski definition) is 5. The number of rotatable bonds is 4. The Morgan fingerprint density at radius 3 is 2.61 bits per heavy atom. The predicted molar refractivity (Wildman–Crippen MR) is 101 cm³/mol. The van der Waals surface area contributed by atoms with E-state index in [1.54, 1.807) is 6.07 Å². The van der Waals surface area contributed by atoms with Crippen molar-refractivity contribution in [3.8, 4) is 6.01 Å². The Morgan fingerprint density at radius 2 is 1.86 bits per heavy atom. The minimum Gasteiger partial charge on any atom is -0.460 e. The molecular formula is C20H19FN4O3. The molecule has 28 heavy (non-hydrogen) atoms. The molecule has 1 amide bonds. The predicted octanol–water partition coefficient (Wildman–Crippen LogP) is 2.58. The summed E-state index contributed by atoms with van der Waals surface area (Å²) in [7, 11) is 0. The lowest BCUT2D eigenvalue weighted by molar-refractivity contribution is 0.0886. The molecule has 0 bridgehead atoms. The van der Waals surface area contributed by atoms with E-state index in [2.05, 4.69) is 20.3 Å². The number of nitrogens with one attached hydrogen (secondary N) is 2. The van der Waals surface area contributed by atoms with E-state index in [4.69, 9.17) is 4.74 Å². The van der Waals surface area contributed by atoms with E-state index in [0.717, 1.165) is 38.1 Å². The lowest BCUT2D eigenvalue weighted by Crippen LogP contribution is -2.40. The van der Waals surface area contributed by atoms with Crippen molar-refractivity contribution in [2.45, 2.75) is 37.8 Å². The number of amides is 1. The van der Waals surface area contributed by atoms with Gasteiger partial charge in [-0.3, -0.25) is 9.59 Å². The fourth-order valence-electron chi connectivity index (χ4n) is 3.49. The molecule has 0 spiro atoms. The Kier molecular flexibility index (Phi) is 5.01. The fourth-order valence-corrected chi connectivity index (χ4v) is 3.49. The molecule has 1 aliphatic carbocycles. The van der Waals surface area contributed by atoms with Gasteiger partial charge in [0.15, 0.2) is 5.82 Å². The highest BCUT2D eigenvalue weighted by molar-refractivity contribution is 6.06. The van der Waals surface area contributed by atoms with Crippen LogP contribution in [0.3, 0.4) is 0 Å². The van der Waals surface area contributed by atoms with Gasteiger partial charge in [-0.25, -0.2) is 14.4 Å². The largest absolute Gasteiger partial charge is 0.460 e. The van der Waals surface area contributed by atoms with Gasteiger partial charge in [0, 0.05) is 23.0 Å². The van der Waals surface area contributed by atoms with Crippen LogP contribution in [0.2, 0.25) is 0 Å². The Morgan fingerprint density at radius 1 is 1.14 bits per heavy atom. The second kappa shape index (κ2) is 7.75. The van der Waals surface area contributed by atoms with Crippen molar-refractivity contribution in [2.24, 2.45) is 0 Å². The molecule has 3 aromatic rings. The number of fused-ring (bicyclic) bond motifs is 1. The van der Waals surface area contributed by atoms with Crippen LogP contribution in [-0.2, 0) is 0 Å². The minimum absolute atomic E-state index is 0.000429. The van der Waals surface area contributed by atoms with Gasteiger partial charge in [0.2, 0.25) is 5.56 Å². The first-order chi connectivity index (χ1) is 13.6. The number of carbonyl (C=O) groups excluding carboxylic acids is 1. The van der Waals surface area contributed by atoms with Crippen LogP contribution >= 0.6 is 0 Å². The highest BCUT2D eigenvalue weighted by atomic mass is 19.1. The zero-order valence-electron chi connectivity index (χ0n) is 15.0. The normalized spacial score (nSPS) is 19.3. The first-order valence-corrected chi connectivity index (χ1v) is 9.15. The monoisotopic (exact) mass is 382 g/mol. The molecule has 0 saturated heterocycles. The highest BCUT2D eigenvalue weighted by Gasteiger charge is 2.25. The zero-order chi connectivity index (χ0) is 19.5. The summed E-state index contributed by atoms with van der Waals surface area (Å²) in [6.45, 7) is 0. The van der Waals surface area contributed by atoms with Crippen molar-refractivity contribution >= 4 is 16.8 Å². The molecule has 0 atom stereocenters. The molecule has 2 N–H and O–H groups in total. The Balaban J connectivity index is 1.38. The van der Waals surface area contributed by atoms with E-state index in [0.29, 0.717) is 16.5 Å². The maximum absolute atomic E-state index is 12.9. The zero-order valence-corrected chi connectivity index (χ0v) is 15.0. The number of nitrogens with zero attached hydrogens (tertiary/aromatic N) is 2. The lowest BCUT2D eigenvalue weighted by atomic mass is 9.92. The molecule has 0 radical (unpaired) electrons. The van der Waals surface area contributed by atoms with Crippen molar-refractivity contribution in [3.05, 3.63) is 64.5 Å². The summed E-state index contributed by atoms with van der Waals surface area (Å²) >= 11 is 0. The van der Waals surface area contributed by atoms with Crippen molar-refractivity contribution in [1.82, 2.24) is 20.3 Å². The number of hydrogen-bond donors (Lipinski definition) is 2. The van der Waals surface area contributed by atoms with Crippen molar-refractivity contribution < 1.29 is 13.9 Å². The first-order valence-electron chi connectivity index (χ1n) is 9.15. The second-order valence-corrected chi connectivity index (χ2v) is 6.84. The van der Waals surface area contributed by atoms with E-state index in [9.17, 15) is 14.0 Å². The molecule has 4 rings (SSSR count). The van der Waals surface area contributed by atoms with Gasteiger partial charge in [-0.05, 0) is 31.7 Å². The summed E-state index contributed by atoms with van der Waals surface area (Å²) in [4.78, 5) is 34.9. The SMILES string of the molecule is O=C(NC1CCC(Oc2ncc(F)cn2)CC1)c1cc(=O)[nH]c2ccccc12. The van der Waals surface area contributed by atoms with E-state index >= 15 is 0 Å². The van der Waals surface area contributed by atoms with Crippen LogP contribution < -0.4 is 15.6 Å². The molecule has 1 fully saturated rings. The third kappa shape index (κ3) is 4.00. The van der Waals surface area contributed by atoms with Crippen LogP contribution in [0.5, 0.6) is 6.01 Å². The van der Waals surface area contributed by atoms with E-state index in [1.807, 2.05) is 18.2 Å². The van der Waals surface area contributed by atoms with Crippen LogP contribution in [0.4, 0.5) is 4.39 Å². The summed E-state index contributed by atoms with van der Waals surface area (Å²) < 4.78 is 18.5. The van der Waals surface area contributed by atoms with Gasteiger partial charge >= 0.3 is 6.01 Å². The molecule has 144 valence electrons. The average Bonchev–Trinajstić information content (AvgIpc) is 2.70. The summed E-state index contributed by atoms with van der Waals surface area (Å²) in [6.07, 6.45) is 4.99. The van der Waals surface area contributed by atoms with Crippen molar-refractivity contribution in [1.29, 1.82) is 0 Å². The second-order valence-electron chi connectivity index (χ2n) is 6.84. The summed E-state index contributed by atoms with van der Waals surface area (Å²) in [5.41, 5.74) is 0.703. The average molecular weight is 382 g/mol. The number of aromatic nitrogens is 3. The van der Waals surface area contributed by atoms with Crippen molar-refractivity contribution in [3.63, 3.8) is 0 Å². The van der Waals surface area contributed by atoms with Gasteiger partial charge in [-0.2, -0.15) is 0 Å². The van der Waals surface area contributed by atoms with Crippen molar-refractivity contribution in [2.75, 3.05) is 0 Å². The maximum atomic E-state index is 12.9. The number of pyridine rings is 1. The van der Waals surface area contributed by atoms with Gasteiger partial charge in [-0.15, -0.1) is 0 Å². The molecular weight excluding hydrogens is 363 g/mol. The molecule has 0 aliphatic heterocycles. The number of carbonyl (C=O) groups is 1. The summed E-state index contributed by atoms with van der Waals surface area (Å²) in [6, 6.07) is 8.71. The number of para-hydroxylation sites is 1. The maximum Gasteiger partial charge on any atom is 0.316 e. The highest BCUT2D eigenvalue weighted by Crippen LogP contribution is 2.23. The van der Waals surface area contributed by atoms with Crippen LogP contribution in [0, 0.1) is 5.82 Å². The standard InChI is InChI=1S/C20H19FN4O3/c21-12-10-22-20(23-11-12)28-14-7-5-13(6-8-14)24-19(27)16-9-18(26)25-17-4-2-1-3-15(16)17/h1-4,9-11,13-14H,5-8H2,(H,24,27)(H,25,26). The number of H-pyrrole nitrogens is 1. The molecule has 0 unspecified atom stereocenters. The Hall–Kier alpha value is -3.29. The van der Waals surface area contributed by atoms with Crippen LogP contribution in [0.1, 0.15) is 36.0 Å². The van der Waals surface area contributed by atoms with Gasteiger partial charge in [0.05, 0.1) is 18.0 Å². The number of halogens is 1. The smallest absolute Gasteiger partial charge is 0.316 e. The quantitative estimate of drug-likeness (QED) is 0.723. The number of benzene rings is 1. The topological polar surface area (TPSA) is 97.0 Å². The van der Waals surface area contributed by atoms with E-state index in [-0.39, 0.29) is 29.6 Å². The number of ether oxygens (including phenoxy) is 1. The first kappa shape index (κ1) is 18.1. The molecule has 1 aliphatic rings. The minimum atomic E-state index is -0.508. The van der Waals surface area contributed by atoms with E-state index < -0.39 is 5.82 Å². The third-order valence-electron chi connectivity index (χ3n) is 4.87. The van der Waals surface area contributed by atoms with Gasteiger partial charge < -0.3 is 15.0 Å². The Bertz CT molecular complexity index is 1040. The summed E-state index contributed by atoms with van der Waals surface area (Å²) in [5.74, 6) is -0.764. The van der Waals surface area contributed by atoms with Crippen LogP contribution in [-0.4, -0.2) is 33.0 Å². The van der Waals surface area contributed by atoms with Gasteiger partial charge in [0.25, 0.3) is 5.91 Å². The molecule has 1 aromatic carbocycles. The lowest BCUT2D eigenvalue weighted by Gasteiger charge is -2.28. The Labute approximate surface area is 160 Å². The summed E-state index contributed by atoms with van der Waals surface area (Å²) in [5, 5.41) is 3.73. The fraction of sp³-hybridized carbons (Fsp3) is 0.300. The van der Waals surface area contributed by atoms with Gasteiger partial charge in [-0.1, -0.05) is 18.2 Å². The van der Waals surface area contributed by atoms with E-state index in [1.165, 1.54) is 6.07 Å². The number of aromatic amines is 1. The molecule has 7 nitrogen and oxygen atoms in total. The molecule has 2 aromatic heterocycles. The third-order valence-corrected chi connectivity index (χ3v) is 4.87. The molecule has 1 saturated carbocycles.